The normalized spacial score (nSPS) is 23.8. The van der Waals surface area contributed by atoms with Crippen molar-refractivity contribution >= 4 is 17.6 Å². The van der Waals surface area contributed by atoms with Crippen LogP contribution >= 0.6 is 0 Å². The molecule has 1 aliphatic heterocycles. The van der Waals surface area contributed by atoms with Gasteiger partial charge in [0.2, 0.25) is 0 Å². The van der Waals surface area contributed by atoms with Crippen molar-refractivity contribution in [2.24, 2.45) is 17.8 Å². The summed E-state index contributed by atoms with van der Waals surface area (Å²) in [6, 6.07) is 4.19. The predicted octanol–water partition coefficient (Wildman–Crippen LogP) is 2.09. The number of hydrogen-bond donors (Lipinski definition) is 1. The van der Waals surface area contributed by atoms with Crippen LogP contribution in [0.15, 0.2) is 18.2 Å². The Kier molecular flexibility index (Phi) is 3.79. The van der Waals surface area contributed by atoms with Gasteiger partial charge in [-0.25, -0.2) is 0 Å². The Labute approximate surface area is 133 Å². The summed E-state index contributed by atoms with van der Waals surface area (Å²) < 4.78 is 0. The van der Waals surface area contributed by atoms with Crippen molar-refractivity contribution in [1.82, 2.24) is 4.90 Å². The molecule has 1 N–H and O–H groups in total. The molecule has 2 atom stereocenters. The van der Waals surface area contributed by atoms with E-state index in [0.717, 1.165) is 12.8 Å². The van der Waals surface area contributed by atoms with Crippen molar-refractivity contribution in [3.05, 3.63) is 39.4 Å². The Balaban J connectivity index is 1.85. The van der Waals surface area contributed by atoms with Gasteiger partial charge < -0.3 is 10.0 Å². The van der Waals surface area contributed by atoms with Gasteiger partial charge in [-0.05, 0) is 37.2 Å². The van der Waals surface area contributed by atoms with Crippen LogP contribution in [0.2, 0.25) is 0 Å². The van der Waals surface area contributed by atoms with E-state index in [-0.39, 0.29) is 29.6 Å². The Morgan fingerprint density at radius 1 is 1.30 bits per heavy atom. The molecule has 23 heavy (non-hydrogen) atoms. The number of nitrogens with zero attached hydrogens (tertiary/aromatic N) is 2. The number of benzene rings is 1. The second-order valence-corrected chi connectivity index (χ2v) is 6.41. The number of carbonyl (C=O) groups excluding carboxylic acids is 1. The lowest BCUT2D eigenvalue weighted by Crippen LogP contribution is -2.30. The molecule has 3 rings (SSSR count). The summed E-state index contributed by atoms with van der Waals surface area (Å²) in [4.78, 5) is 36.0. The zero-order valence-corrected chi connectivity index (χ0v) is 12.8. The third-order valence-electron chi connectivity index (χ3n) is 4.86. The second kappa shape index (κ2) is 5.64. The topological polar surface area (TPSA) is 101 Å². The molecule has 7 heteroatoms. The lowest BCUT2D eigenvalue weighted by Gasteiger charge is -2.17. The SMILES string of the molecule is Cc1ccc([N+](=O)[O-])cc1C(=O)N1C[C@H](C(=O)O)[C@@H](C2CC2)C1. The molecular formula is C16H18N2O5. The number of nitro benzene ring substituents is 1. The molecule has 2 fully saturated rings. The third kappa shape index (κ3) is 2.91. The van der Waals surface area contributed by atoms with E-state index in [9.17, 15) is 24.8 Å². The van der Waals surface area contributed by atoms with Gasteiger partial charge in [-0.2, -0.15) is 0 Å². The molecule has 1 aromatic rings. The Morgan fingerprint density at radius 3 is 2.57 bits per heavy atom. The minimum atomic E-state index is -0.868. The van der Waals surface area contributed by atoms with Gasteiger partial charge in [-0.1, -0.05) is 6.07 Å². The number of amides is 1. The van der Waals surface area contributed by atoms with E-state index in [1.54, 1.807) is 13.0 Å². The van der Waals surface area contributed by atoms with E-state index < -0.39 is 16.8 Å². The minimum Gasteiger partial charge on any atom is -0.481 e. The van der Waals surface area contributed by atoms with Gasteiger partial charge in [-0.3, -0.25) is 19.7 Å². The first-order valence-corrected chi connectivity index (χ1v) is 7.65. The molecule has 0 spiro atoms. The molecule has 7 nitrogen and oxygen atoms in total. The maximum absolute atomic E-state index is 12.7. The Morgan fingerprint density at radius 2 is 2.00 bits per heavy atom. The smallest absolute Gasteiger partial charge is 0.308 e. The number of aliphatic carboxylic acids is 1. The van der Waals surface area contributed by atoms with Gasteiger partial charge in [0.25, 0.3) is 11.6 Å². The molecule has 1 saturated heterocycles. The summed E-state index contributed by atoms with van der Waals surface area (Å²) >= 11 is 0. The standard InChI is InChI=1S/C16H18N2O5/c1-9-2-5-11(18(22)23)6-12(9)15(19)17-7-13(10-3-4-10)14(8-17)16(20)21/h2,5-6,10,13-14H,3-4,7-8H2,1H3,(H,20,21)/t13-,14+/m1/s1. The fourth-order valence-electron chi connectivity index (χ4n) is 3.38. The summed E-state index contributed by atoms with van der Waals surface area (Å²) in [7, 11) is 0. The van der Waals surface area contributed by atoms with Gasteiger partial charge in [0.15, 0.2) is 0 Å². The molecule has 1 amide bonds. The predicted molar refractivity (Wildman–Crippen MR) is 81.1 cm³/mol. The Hall–Kier alpha value is -2.44. The average molecular weight is 318 g/mol. The summed E-state index contributed by atoms with van der Waals surface area (Å²) in [5.41, 5.74) is 0.800. The van der Waals surface area contributed by atoms with Crippen molar-refractivity contribution in [3.63, 3.8) is 0 Å². The summed E-state index contributed by atoms with van der Waals surface area (Å²) in [6.07, 6.45) is 2.04. The van der Waals surface area contributed by atoms with E-state index in [1.165, 1.54) is 17.0 Å². The Bertz CT molecular complexity index is 683. The molecule has 122 valence electrons. The number of rotatable bonds is 4. The van der Waals surface area contributed by atoms with Crippen molar-refractivity contribution < 1.29 is 19.6 Å². The number of carbonyl (C=O) groups is 2. The van der Waals surface area contributed by atoms with Crippen LogP contribution in [0.25, 0.3) is 0 Å². The molecule has 1 heterocycles. The minimum absolute atomic E-state index is 0.00421. The molecule has 0 unspecified atom stereocenters. The lowest BCUT2D eigenvalue weighted by atomic mass is 9.92. The van der Waals surface area contributed by atoms with Gasteiger partial charge in [0.05, 0.1) is 10.8 Å². The molecule has 0 aromatic heterocycles. The number of carboxylic acids is 1. The lowest BCUT2D eigenvalue weighted by molar-refractivity contribution is -0.384. The van der Waals surface area contributed by atoms with E-state index in [1.807, 2.05) is 0 Å². The third-order valence-corrected chi connectivity index (χ3v) is 4.86. The number of non-ortho nitro benzene ring substituents is 1. The molecule has 0 bridgehead atoms. The first-order chi connectivity index (χ1) is 10.9. The van der Waals surface area contributed by atoms with Gasteiger partial charge >= 0.3 is 5.97 Å². The summed E-state index contributed by atoms with van der Waals surface area (Å²) in [5.74, 6) is -1.34. The van der Waals surface area contributed by atoms with Crippen LogP contribution in [0.3, 0.4) is 0 Å². The number of carboxylic acid groups (broad SMARTS) is 1. The monoisotopic (exact) mass is 318 g/mol. The van der Waals surface area contributed by atoms with E-state index >= 15 is 0 Å². The summed E-state index contributed by atoms with van der Waals surface area (Å²) in [6.45, 7) is 2.32. The molecule has 1 aromatic carbocycles. The largest absolute Gasteiger partial charge is 0.481 e. The van der Waals surface area contributed by atoms with Crippen LogP contribution in [0, 0.1) is 34.8 Å². The first kappa shape index (κ1) is 15.5. The molecule has 0 radical (unpaired) electrons. The highest BCUT2D eigenvalue weighted by atomic mass is 16.6. The van der Waals surface area contributed by atoms with Gasteiger partial charge in [0, 0.05) is 30.8 Å². The van der Waals surface area contributed by atoms with Crippen molar-refractivity contribution in [2.45, 2.75) is 19.8 Å². The zero-order chi connectivity index (χ0) is 16.7. The molecule has 1 aliphatic carbocycles. The van der Waals surface area contributed by atoms with Crippen LogP contribution in [-0.4, -0.2) is 39.9 Å². The zero-order valence-electron chi connectivity index (χ0n) is 12.8. The van der Waals surface area contributed by atoms with Crippen molar-refractivity contribution in [1.29, 1.82) is 0 Å². The van der Waals surface area contributed by atoms with Crippen molar-refractivity contribution in [3.8, 4) is 0 Å². The van der Waals surface area contributed by atoms with E-state index in [0.29, 0.717) is 18.0 Å². The maximum Gasteiger partial charge on any atom is 0.308 e. The number of nitro groups is 1. The van der Waals surface area contributed by atoms with Crippen molar-refractivity contribution in [2.75, 3.05) is 13.1 Å². The number of hydrogen-bond acceptors (Lipinski definition) is 4. The molecule has 2 aliphatic rings. The highest BCUT2D eigenvalue weighted by Crippen LogP contribution is 2.44. The fourth-order valence-corrected chi connectivity index (χ4v) is 3.38. The fraction of sp³-hybridized carbons (Fsp3) is 0.500. The second-order valence-electron chi connectivity index (χ2n) is 6.41. The highest BCUT2D eigenvalue weighted by molar-refractivity contribution is 5.96. The van der Waals surface area contributed by atoms with E-state index in [2.05, 4.69) is 0 Å². The van der Waals surface area contributed by atoms with Crippen LogP contribution in [0.4, 0.5) is 5.69 Å². The number of likely N-dealkylation sites (tertiary alicyclic amines) is 1. The first-order valence-electron chi connectivity index (χ1n) is 7.65. The van der Waals surface area contributed by atoms with Gasteiger partial charge in [0.1, 0.15) is 0 Å². The van der Waals surface area contributed by atoms with Crippen LogP contribution < -0.4 is 0 Å². The van der Waals surface area contributed by atoms with Crippen LogP contribution in [0.1, 0.15) is 28.8 Å². The molecule has 1 saturated carbocycles. The number of aryl methyl sites for hydroxylation is 1. The van der Waals surface area contributed by atoms with Crippen LogP contribution in [0.5, 0.6) is 0 Å². The van der Waals surface area contributed by atoms with Gasteiger partial charge in [-0.15, -0.1) is 0 Å². The maximum atomic E-state index is 12.7. The van der Waals surface area contributed by atoms with Crippen LogP contribution in [-0.2, 0) is 4.79 Å². The summed E-state index contributed by atoms with van der Waals surface area (Å²) in [5, 5.41) is 20.3. The highest BCUT2D eigenvalue weighted by Gasteiger charge is 2.47. The molecular weight excluding hydrogens is 300 g/mol. The average Bonchev–Trinajstić information content (AvgIpc) is 3.25. The quantitative estimate of drug-likeness (QED) is 0.676. The van der Waals surface area contributed by atoms with E-state index in [4.69, 9.17) is 0 Å².